The number of phenols is 3. The predicted molar refractivity (Wildman–Crippen MR) is 102 cm³/mol. The Morgan fingerprint density at radius 1 is 1.15 bits per heavy atom. The summed E-state index contributed by atoms with van der Waals surface area (Å²) in [6, 6.07) is 1.39. The first-order valence-electron chi connectivity index (χ1n) is 9.50. The number of carbonyl (C=O) groups is 1. The van der Waals surface area contributed by atoms with Gasteiger partial charge in [-0.3, -0.25) is 4.79 Å². The molecule has 4 heteroatoms. The van der Waals surface area contributed by atoms with E-state index in [0.717, 1.165) is 12.8 Å². The zero-order valence-corrected chi connectivity index (χ0v) is 16.2. The van der Waals surface area contributed by atoms with Crippen molar-refractivity contribution in [1.29, 1.82) is 0 Å². The molecule has 1 aromatic carbocycles. The van der Waals surface area contributed by atoms with Gasteiger partial charge in [0.1, 0.15) is 11.3 Å². The zero-order chi connectivity index (χ0) is 19.3. The fraction of sp³-hybridized carbons (Fsp3) is 0.591. The fourth-order valence-electron chi connectivity index (χ4n) is 5.74. The number of fused-ring (bicyclic) bond motifs is 1. The molecule has 4 nitrogen and oxygen atoms in total. The van der Waals surface area contributed by atoms with Gasteiger partial charge in [0, 0.05) is 0 Å². The van der Waals surface area contributed by atoms with Gasteiger partial charge in [-0.15, -0.1) is 0 Å². The van der Waals surface area contributed by atoms with Gasteiger partial charge in [-0.05, 0) is 66.9 Å². The van der Waals surface area contributed by atoms with Crippen LogP contribution in [0.2, 0.25) is 0 Å². The van der Waals surface area contributed by atoms with Crippen LogP contribution in [0.25, 0.3) is 0 Å². The maximum absolute atomic E-state index is 11.2. The molecule has 3 atom stereocenters. The van der Waals surface area contributed by atoms with E-state index in [-0.39, 0.29) is 33.8 Å². The molecular weight excluding hydrogens is 328 g/mol. The molecule has 3 N–H and O–H groups in total. The summed E-state index contributed by atoms with van der Waals surface area (Å²) in [7, 11) is 0. The van der Waals surface area contributed by atoms with Gasteiger partial charge in [-0.2, -0.15) is 0 Å². The van der Waals surface area contributed by atoms with Gasteiger partial charge < -0.3 is 15.3 Å². The number of hydrogen-bond acceptors (Lipinski definition) is 4. The standard InChI is InChI=1S/C22H30O4/c1-13-6-7-18-21(2,3)8-5-9-22(18,4)16(13)10-14-11-17(24)20(26)15(12-23)19(14)25/h6,11-12,16,18,24-26H,5,7-10H2,1-4H3/t16-,18-,22+/m1/s1. The molecular formula is C22H30O4. The number of rotatable bonds is 3. The lowest BCUT2D eigenvalue weighted by Gasteiger charge is -2.57. The third kappa shape index (κ3) is 2.80. The molecule has 1 saturated carbocycles. The van der Waals surface area contributed by atoms with Crippen molar-refractivity contribution in [3.05, 3.63) is 28.8 Å². The van der Waals surface area contributed by atoms with Crippen LogP contribution in [-0.4, -0.2) is 21.6 Å². The quantitative estimate of drug-likeness (QED) is 0.309. The van der Waals surface area contributed by atoms with Crippen molar-refractivity contribution in [2.75, 3.05) is 0 Å². The number of allylic oxidation sites excluding steroid dienone is 2. The van der Waals surface area contributed by atoms with Gasteiger partial charge >= 0.3 is 0 Å². The number of phenolic OH excluding ortho intramolecular Hbond substituents is 3. The van der Waals surface area contributed by atoms with Gasteiger partial charge in [0.15, 0.2) is 17.8 Å². The number of hydrogen-bond donors (Lipinski definition) is 3. The minimum absolute atomic E-state index is 0.113. The molecule has 0 saturated heterocycles. The van der Waals surface area contributed by atoms with E-state index in [2.05, 4.69) is 33.8 Å². The van der Waals surface area contributed by atoms with Crippen molar-refractivity contribution in [2.24, 2.45) is 22.7 Å². The Hall–Kier alpha value is -1.97. The molecule has 1 fully saturated rings. The third-order valence-corrected chi connectivity index (χ3v) is 7.21. The molecule has 0 aromatic heterocycles. The van der Waals surface area contributed by atoms with Crippen LogP contribution in [0.15, 0.2) is 17.7 Å². The van der Waals surface area contributed by atoms with Crippen LogP contribution in [0.3, 0.4) is 0 Å². The molecule has 0 heterocycles. The largest absolute Gasteiger partial charge is 0.507 e. The van der Waals surface area contributed by atoms with Gasteiger partial charge in [0.05, 0.1) is 0 Å². The summed E-state index contributed by atoms with van der Waals surface area (Å²) in [5.41, 5.74) is 1.98. The molecule has 0 unspecified atom stereocenters. The van der Waals surface area contributed by atoms with Crippen LogP contribution in [-0.2, 0) is 6.42 Å². The molecule has 0 radical (unpaired) electrons. The molecule has 2 aliphatic rings. The summed E-state index contributed by atoms with van der Waals surface area (Å²) in [6.07, 6.45) is 7.91. The zero-order valence-electron chi connectivity index (χ0n) is 16.2. The minimum Gasteiger partial charge on any atom is -0.507 e. The van der Waals surface area contributed by atoms with Gasteiger partial charge in [0.2, 0.25) is 0 Å². The van der Waals surface area contributed by atoms with Gasteiger partial charge in [-0.1, -0.05) is 38.8 Å². The second-order valence-corrected chi connectivity index (χ2v) is 9.12. The predicted octanol–water partition coefficient (Wildman–Crippen LogP) is 4.96. The molecule has 3 rings (SSSR count). The van der Waals surface area contributed by atoms with E-state index in [1.165, 1.54) is 24.5 Å². The van der Waals surface area contributed by atoms with E-state index in [0.29, 0.717) is 24.2 Å². The second kappa shape index (κ2) is 6.33. The highest BCUT2D eigenvalue weighted by Crippen LogP contribution is 2.60. The fourth-order valence-corrected chi connectivity index (χ4v) is 5.74. The summed E-state index contributed by atoms with van der Waals surface area (Å²) in [4.78, 5) is 11.2. The minimum atomic E-state index is -0.556. The topological polar surface area (TPSA) is 77.8 Å². The van der Waals surface area contributed by atoms with E-state index < -0.39 is 5.75 Å². The van der Waals surface area contributed by atoms with E-state index >= 15 is 0 Å². The smallest absolute Gasteiger partial charge is 0.171 e. The van der Waals surface area contributed by atoms with Crippen molar-refractivity contribution >= 4 is 6.29 Å². The maximum atomic E-state index is 11.2. The molecule has 2 aliphatic carbocycles. The summed E-state index contributed by atoms with van der Waals surface area (Å²) >= 11 is 0. The Kier molecular flexibility index (Phi) is 4.58. The highest BCUT2D eigenvalue weighted by atomic mass is 16.3. The summed E-state index contributed by atoms with van der Waals surface area (Å²) in [6.45, 7) is 9.22. The van der Waals surface area contributed by atoms with Crippen LogP contribution in [0.5, 0.6) is 17.2 Å². The Morgan fingerprint density at radius 2 is 1.85 bits per heavy atom. The molecule has 0 bridgehead atoms. The average Bonchev–Trinajstić information content (AvgIpc) is 2.55. The molecule has 0 aliphatic heterocycles. The highest BCUT2D eigenvalue weighted by molar-refractivity contribution is 5.86. The second-order valence-electron chi connectivity index (χ2n) is 9.12. The lowest BCUT2D eigenvalue weighted by Crippen LogP contribution is -2.49. The number of aromatic hydroxyl groups is 3. The van der Waals surface area contributed by atoms with E-state index in [4.69, 9.17) is 0 Å². The molecule has 142 valence electrons. The van der Waals surface area contributed by atoms with Crippen molar-refractivity contribution in [2.45, 2.75) is 59.8 Å². The highest BCUT2D eigenvalue weighted by Gasteiger charge is 2.51. The van der Waals surface area contributed by atoms with Crippen molar-refractivity contribution < 1.29 is 20.1 Å². The molecule has 26 heavy (non-hydrogen) atoms. The molecule has 1 aromatic rings. The van der Waals surface area contributed by atoms with Crippen molar-refractivity contribution in [1.82, 2.24) is 0 Å². The summed E-state index contributed by atoms with van der Waals surface area (Å²) < 4.78 is 0. The normalized spacial score (nSPS) is 30.4. The van der Waals surface area contributed by atoms with Crippen LogP contribution >= 0.6 is 0 Å². The Labute approximate surface area is 155 Å². The Bertz CT molecular complexity index is 762. The summed E-state index contributed by atoms with van der Waals surface area (Å²) in [5, 5.41) is 30.3. The van der Waals surface area contributed by atoms with Crippen molar-refractivity contribution in [3.8, 4) is 17.2 Å². The first-order valence-corrected chi connectivity index (χ1v) is 9.50. The van der Waals surface area contributed by atoms with Crippen LogP contribution in [0, 0.1) is 22.7 Å². The first-order chi connectivity index (χ1) is 12.1. The number of benzene rings is 1. The molecule has 0 amide bonds. The Morgan fingerprint density at radius 3 is 2.50 bits per heavy atom. The van der Waals surface area contributed by atoms with Gasteiger partial charge in [-0.25, -0.2) is 0 Å². The SMILES string of the molecule is CC1=CC[C@@H]2C(C)(C)CCC[C@@]2(C)[C@@H]1Cc1cc(O)c(O)c(C=O)c1O. The van der Waals surface area contributed by atoms with E-state index in [1.54, 1.807) is 0 Å². The lowest BCUT2D eigenvalue weighted by molar-refractivity contribution is -0.0369. The third-order valence-electron chi connectivity index (χ3n) is 7.21. The van der Waals surface area contributed by atoms with Crippen LogP contribution in [0.4, 0.5) is 0 Å². The van der Waals surface area contributed by atoms with Crippen LogP contribution < -0.4 is 0 Å². The Balaban J connectivity index is 2.04. The van der Waals surface area contributed by atoms with Crippen molar-refractivity contribution in [3.63, 3.8) is 0 Å². The number of carbonyl (C=O) groups excluding carboxylic acids is 1. The lowest BCUT2D eigenvalue weighted by atomic mass is 9.48. The average molecular weight is 358 g/mol. The monoisotopic (exact) mass is 358 g/mol. The van der Waals surface area contributed by atoms with Crippen LogP contribution in [0.1, 0.15) is 69.3 Å². The summed E-state index contributed by atoms with van der Waals surface area (Å²) in [5.74, 6) is -0.335. The van der Waals surface area contributed by atoms with Gasteiger partial charge in [0.25, 0.3) is 0 Å². The maximum Gasteiger partial charge on any atom is 0.171 e. The molecule has 0 spiro atoms. The number of aldehydes is 1. The van der Waals surface area contributed by atoms with E-state index in [9.17, 15) is 20.1 Å². The van der Waals surface area contributed by atoms with E-state index in [1.807, 2.05) is 0 Å². The first kappa shape index (κ1) is 18.8.